The van der Waals surface area contributed by atoms with Gasteiger partial charge in [0.15, 0.2) is 0 Å². The maximum absolute atomic E-state index is 11.7. The minimum Gasteiger partial charge on any atom is -0.487 e. The summed E-state index contributed by atoms with van der Waals surface area (Å²) < 4.78 is 11.4. The van der Waals surface area contributed by atoms with Gasteiger partial charge in [0.1, 0.15) is 17.1 Å². The summed E-state index contributed by atoms with van der Waals surface area (Å²) in [6.07, 6.45) is 2.63. The molecule has 1 unspecified atom stereocenters. The smallest absolute Gasteiger partial charge is 0.314 e. The Hall–Kier alpha value is -1.51. The van der Waals surface area contributed by atoms with E-state index in [2.05, 4.69) is 13.8 Å². The number of carbonyl (C=O) groups is 1. The summed E-state index contributed by atoms with van der Waals surface area (Å²) in [7, 11) is 0. The van der Waals surface area contributed by atoms with E-state index in [4.69, 9.17) is 9.47 Å². The van der Waals surface area contributed by atoms with Crippen LogP contribution >= 0.6 is 0 Å². The molecule has 0 radical (unpaired) electrons. The fourth-order valence-electron chi connectivity index (χ4n) is 2.67. The van der Waals surface area contributed by atoms with Gasteiger partial charge in [-0.15, -0.1) is 0 Å². The van der Waals surface area contributed by atoms with E-state index in [1.165, 1.54) is 0 Å². The highest BCUT2D eigenvalue weighted by Gasteiger charge is 2.33. The van der Waals surface area contributed by atoms with Crippen molar-refractivity contribution in [1.29, 1.82) is 0 Å². The summed E-state index contributed by atoms with van der Waals surface area (Å²) >= 11 is 0. The molecule has 0 saturated heterocycles. The van der Waals surface area contributed by atoms with Gasteiger partial charge in [-0.2, -0.15) is 0 Å². The highest BCUT2D eigenvalue weighted by Crippen LogP contribution is 2.42. The van der Waals surface area contributed by atoms with Gasteiger partial charge in [-0.05, 0) is 44.7 Å². The van der Waals surface area contributed by atoms with Crippen molar-refractivity contribution in [1.82, 2.24) is 0 Å². The number of carbonyl (C=O) groups excluding carboxylic acids is 1. The van der Waals surface area contributed by atoms with E-state index < -0.39 is 0 Å². The van der Waals surface area contributed by atoms with Crippen LogP contribution in [-0.4, -0.2) is 11.6 Å². The van der Waals surface area contributed by atoms with E-state index in [0.29, 0.717) is 0 Å². The second-order valence-corrected chi connectivity index (χ2v) is 5.92. The largest absolute Gasteiger partial charge is 0.487 e. The molecular formula is C15H18O3. The molecule has 2 aliphatic rings. The molecule has 0 bridgehead atoms. The number of fused-ring (bicyclic) bond motifs is 3. The summed E-state index contributed by atoms with van der Waals surface area (Å²) in [5.41, 5.74) is 2.06. The normalized spacial score (nSPS) is 24.6. The molecule has 0 fully saturated rings. The van der Waals surface area contributed by atoms with Gasteiger partial charge in [0.2, 0.25) is 0 Å². The van der Waals surface area contributed by atoms with Crippen molar-refractivity contribution < 1.29 is 14.3 Å². The van der Waals surface area contributed by atoms with E-state index in [9.17, 15) is 4.79 Å². The first-order valence-electron chi connectivity index (χ1n) is 6.52. The number of ether oxygens (including phenoxy) is 2. The summed E-state index contributed by atoms with van der Waals surface area (Å²) in [5, 5.41) is 0. The lowest BCUT2D eigenvalue weighted by atomic mass is 9.89. The zero-order valence-electron chi connectivity index (χ0n) is 11.1. The van der Waals surface area contributed by atoms with Gasteiger partial charge in [0.05, 0.1) is 5.92 Å². The van der Waals surface area contributed by atoms with Crippen LogP contribution in [-0.2, 0) is 17.6 Å². The van der Waals surface area contributed by atoms with Crippen LogP contribution in [0.4, 0.5) is 0 Å². The Kier molecular flexibility index (Phi) is 2.40. The molecule has 0 spiro atoms. The van der Waals surface area contributed by atoms with Crippen molar-refractivity contribution in [2.45, 2.75) is 45.6 Å². The van der Waals surface area contributed by atoms with Crippen LogP contribution in [0.2, 0.25) is 0 Å². The molecule has 0 saturated carbocycles. The lowest BCUT2D eigenvalue weighted by Crippen LogP contribution is -2.34. The first-order chi connectivity index (χ1) is 8.46. The Morgan fingerprint density at radius 3 is 2.89 bits per heavy atom. The van der Waals surface area contributed by atoms with E-state index in [0.717, 1.165) is 41.9 Å². The standard InChI is InChI=1S/C15H18O3/c1-9-8-10-4-5-12-11(13(10)17-14(9)16)6-7-15(2,3)18-12/h4-5,9H,6-8H2,1-3H3. The molecule has 0 aromatic heterocycles. The van der Waals surface area contributed by atoms with Crippen LogP contribution in [0.1, 0.15) is 38.3 Å². The minimum atomic E-state index is -0.132. The third-order valence-corrected chi connectivity index (χ3v) is 3.79. The number of hydrogen-bond donors (Lipinski definition) is 0. The Morgan fingerprint density at radius 1 is 1.33 bits per heavy atom. The number of rotatable bonds is 0. The van der Waals surface area contributed by atoms with E-state index in [1.807, 2.05) is 19.1 Å². The molecule has 18 heavy (non-hydrogen) atoms. The lowest BCUT2D eigenvalue weighted by Gasteiger charge is -2.34. The fraction of sp³-hybridized carbons (Fsp3) is 0.533. The highest BCUT2D eigenvalue weighted by molar-refractivity contribution is 5.78. The predicted molar refractivity (Wildman–Crippen MR) is 68.0 cm³/mol. The molecular weight excluding hydrogens is 228 g/mol. The first kappa shape index (κ1) is 11.6. The summed E-state index contributed by atoms with van der Waals surface area (Å²) in [6.45, 7) is 6.08. The Bertz CT molecular complexity index is 517. The fourth-order valence-corrected chi connectivity index (χ4v) is 2.67. The van der Waals surface area contributed by atoms with Gasteiger partial charge in [-0.1, -0.05) is 13.0 Å². The average molecular weight is 246 g/mol. The lowest BCUT2D eigenvalue weighted by molar-refractivity contribution is -0.139. The minimum absolute atomic E-state index is 0.0449. The Morgan fingerprint density at radius 2 is 2.11 bits per heavy atom. The van der Waals surface area contributed by atoms with Gasteiger partial charge in [0.25, 0.3) is 0 Å². The molecule has 1 aromatic carbocycles. The number of hydrogen-bond acceptors (Lipinski definition) is 3. The monoisotopic (exact) mass is 246 g/mol. The topological polar surface area (TPSA) is 35.5 Å². The van der Waals surface area contributed by atoms with E-state index >= 15 is 0 Å². The molecule has 1 aromatic rings. The van der Waals surface area contributed by atoms with Gasteiger partial charge in [-0.3, -0.25) is 4.79 Å². The third kappa shape index (κ3) is 1.78. The maximum Gasteiger partial charge on any atom is 0.314 e. The SMILES string of the molecule is CC1Cc2ccc3c(c2OC1=O)CCC(C)(C)O3. The molecule has 2 aliphatic heterocycles. The average Bonchev–Trinajstić information content (AvgIpc) is 2.29. The summed E-state index contributed by atoms with van der Waals surface area (Å²) in [4.78, 5) is 11.7. The van der Waals surface area contributed by atoms with Crippen molar-refractivity contribution in [2.75, 3.05) is 0 Å². The third-order valence-electron chi connectivity index (χ3n) is 3.79. The van der Waals surface area contributed by atoms with Crippen LogP contribution in [0.15, 0.2) is 12.1 Å². The van der Waals surface area contributed by atoms with Gasteiger partial charge < -0.3 is 9.47 Å². The molecule has 2 heterocycles. The van der Waals surface area contributed by atoms with Crippen molar-refractivity contribution in [3.8, 4) is 11.5 Å². The molecule has 3 heteroatoms. The quantitative estimate of drug-likeness (QED) is 0.521. The van der Waals surface area contributed by atoms with Crippen LogP contribution in [0, 0.1) is 5.92 Å². The zero-order chi connectivity index (χ0) is 12.9. The highest BCUT2D eigenvalue weighted by atomic mass is 16.5. The van der Waals surface area contributed by atoms with E-state index in [1.54, 1.807) is 0 Å². The molecule has 1 atom stereocenters. The maximum atomic E-state index is 11.7. The van der Waals surface area contributed by atoms with Crippen LogP contribution in [0.3, 0.4) is 0 Å². The second kappa shape index (κ2) is 3.74. The van der Waals surface area contributed by atoms with Crippen LogP contribution < -0.4 is 9.47 Å². The molecule has 0 amide bonds. The first-order valence-corrected chi connectivity index (χ1v) is 6.52. The second-order valence-electron chi connectivity index (χ2n) is 5.92. The van der Waals surface area contributed by atoms with Gasteiger partial charge in [0, 0.05) is 5.56 Å². The molecule has 3 nitrogen and oxygen atoms in total. The van der Waals surface area contributed by atoms with Crippen LogP contribution in [0.25, 0.3) is 0 Å². The molecule has 0 aliphatic carbocycles. The van der Waals surface area contributed by atoms with Crippen molar-refractivity contribution in [2.24, 2.45) is 5.92 Å². The summed E-state index contributed by atoms with van der Waals surface area (Å²) in [6, 6.07) is 4.04. The number of esters is 1. The molecule has 3 rings (SSSR count). The van der Waals surface area contributed by atoms with E-state index in [-0.39, 0.29) is 17.5 Å². The van der Waals surface area contributed by atoms with Crippen molar-refractivity contribution in [3.05, 3.63) is 23.3 Å². The van der Waals surface area contributed by atoms with Gasteiger partial charge in [-0.25, -0.2) is 0 Å². The van der Waals surface area contributed by atoms with Crippen molar-refractivity contribution >= 4 is 5.97 Å². The Labute approximate surface area is 107 Å². The Balaban J connectivity index is 2.05. The van der Waals surface area contributed by atoms with Gasteiger partial charge >= 0.3 is 5.97 Å². The molecule has 96 valence electrons. The zero-order valence-corrected chi connectivity index (χ0v) is 11.1. The van der Waals surface area contributed by atoms with Crippen molar-refractivity contribution in [3.63, 3.8) is 0 Å². The predicted octanol–water partition coefficient (Wildman–Crippen LogP) is 2.89. The number of benzene rings is 1. The van der Waals surface area contributed by atoms with Crippen LogP contribution in [0.5, 0.6) is 11.5 Å². The molecule has 0 N–H and O–H groups in total. The summed E-state index contributed by atoms with van der Waals surface area (Å²) in [5.74, 6) is 1.45.